The van der Waals surface area contributed by atoms with Crippen LogP contribution in [0.4, 0.5) is 0 Å². The fourth-order valence-electron chi connectivity index (χ4n) is 24.9. The zero-order valence-electron chi connectivity index (χ0n) is 86.7. The van der Waals surface area contributed by atoms with Gasteiger partial charge in [-0.3, -0.25) is 4.79 Å². The number of fused-ring (bicyclic) bond motifs is 8. The molecule has 9 aliphatic rings. The molecule has 4 saturated carbocycles. The van der Waals surface area contributed by atoms with E-state index >= 15 is 0 Å². The van der Waals surface area contributed by atoms with Gasteiger partial charge in [-0.2, -0.15) is 0 Å². The van der Waals surface area contributed by atoms with E-state index in [0.29, 0.717) is 99.4 Å². The van der Waals surface area contributed by atoms with Crippen molar-refractivity contribution in [2.45, 2.75) is 368 Å². The van der Waals surface area contributed by atoms with Crippen molar-refractivity contribution in [1.82, 2.24) is 4.90 Å². The molecule has 26 nitrogen and oxygen atoms in total. The highest BCUT2D eigenvalue weighted by Gasteiger charge is 2.50. The van der Waals surface area contributed by atoms with Crippen LogP contribution in [0.2, 0.25) is 0 Å². The molecule has 0 unspecified atom stereocenters. The number of likely N-dealkylation sites (tertiary alicyclic amines) is 1. The summed E-state index contributed by atoms with van der Waals surface area (Å²) in [6, 6.07) is 31.1. The van der Waals surface area contributed by atoms with Gasteiger partial charge in [-0.15, -0.1) is 0 Å². The van der Waals surface area contributed by atoms with Crippen molar-refractivity contribution in [3.63, 3.8) is 0 Å². The van der Waals surface area contributed by atoms with E-state index in [9.17, 15) is 54.0 Å². The highest BCUT2D eigenvalue weighted by molar-refractivity contribution is 5.89. The van der Waals surface area contributed by atoms with Crippen LogP contribution in [-0.4, -0.2) is 183 Å². The third-order valence-electron chi connectivity index (χ3n) is 32.5. The topological polar surface area (TPSA) is 385 Å². The van der Waals surface area contributed by atoms with Crippen LogP contribution in [0.15, 0.2) is 111 Å². The second-order valence-electron chi connectivity index (χ2n) is 43.7. The van der Waals surface area contributed by atoms with Gasteiger partial charge in [0, 0.05) is 6.54 Å². The number of benzene rings is 5. The predicted octanol–water partition coefficient (Wildman–Crippen LogP) is 20.7. The van der Waals surface area contributed by atoms with E-state index in [0.717, 1.165) is 253 Å². The van der Waals surface area contributed by atoms with Crippen LogP contribution in [0.1, 0.15) is 319 Å². The summed E-state index contributed by atoms with van der Waals surface area (Å²) in [6.07, 6.45) is 36.9. The Balaban J connectivity index is 0.000000170. The van der Waals surface area contributed by atoms with Gasteiger partial charge in [-0.05, 0) is 379 Å². The number of carboxylic acids is 4. The number of unbranched alkanes of at least 4 members (excludes halogenated alkanes) is 8. The van der Waals surface area contributed by atoms with Gasteiger partial charge in [0.25, 0.3) is 0 Å². The van der Waals surface area contributed by atoms with Crippen LogP contribution in [0.3, 0.4) is 0 Å². The van der Waals surface area contributed by atoms with Gasteiger partial charge in [0.15, 0.2) is 32.2 Å². The van der Waals surface area contributed by atoms with Crippen molar-refractivity contribution in [2.24, 2.45) is 76.4 Å². The summed E-state index contributed by atoms with van der Waals surface area (Å²) >= 11 is 0. The first-order chi connectivity index (χ1) is 68.8. The Morgan fingerprint density at radius 2 is 0.727 bits per heavy atom. The smallest absolute Gasteiger partial charge is 0.482 e. The molecule has 6 aromatic rings. The first-order valence-corrected chi connectivity index (χ1v) is 54.4. The lowest BCUT2D eigenvalue weighted by molar-refractivity contribution is -0.159. The number of aliphatic carboxylic acids is 4. The second-order valence-corrected chi connectivity index (χ2v) is 43.7. The summed E-state index contributed by atoms with van der Waals surface area (Å²) in [5.74, 6) is 2.44. The van der Waals surface area contributed by atoms with Crippen LogP contribution >= 0.6 is 0 Å². The van der Waals surface area contributed by atoms with Crippen molar-refractivity contribution in [1.29, 1.82) is 0 Å². The fourth-order valence-corrected chi connectivity index (χ4v) is 24.9. The van der Waals surface area contributed by atoms with E-state index in [1.165, 1.54) is 73.9 Å². The number of aliphatic hydroxyl groups excluding tert-OH is 4. The number of carbonyl (C=O) groups is 6. The van der Waals surface area contributed by atoms with E-state index in [4.69, 9.17) is 67.2 Å². The van der Waals surface area contributed by atoms with Gasteiger partial charge in [0.2, 0.25) is 0 Å². The number of ether oxygens (including phenoxy) is 8. The SMILES string of the molecule is CCCCC[C@@H](CC[C@@H]1[C@H]2Cc3cccc(OCC(=O)O)c3C[C@H]2C[C@H]1O)OC(=O)C(C)(C)C.CCCCC[C@@H](CC[C@@H]1[C@H]2Cc3cccc(OCC(=O)O)c3C[C@H]2C[C@H]1O)OC(=O)c1ccc(C)cc1.CCCCC[C@@H](CC[C@@H]1[C@H]2Cc3cccc(OCC(=O)O)c3C[C@H]2C[C@H]1O)OCCN1CCCCC1.CCCCC[C@@H](CC[C@@H]1[C@H]2Cc3cccc(OCC(=O)O)c3C[C@H]2C[C@H]1O)OCc1oc(=O)oc1C. The summed E-state index contributed by atoms with van der Waals surface area (Å²) in [5.41, 5.74) is 10.4. The molecule has 1 aromatic heterocycles. The Kier molecular flexibility index (Phi) is 44.2. The largest absolute Gasteiger partial charge is 0.519 e. The minimum atomic E-state index is -0.988. The number of esters is 2. The van der Waals surface area contributed by atoms with E-state index in [2.05, 4.69) is 56.9 Å². The van der Waals surface area contributed by atoms with E-state index in [-0.39, 0.29) is 105 Å². The number of carbonyl (C=O) groups excluding carboxylic acids is 2. The fraction of sp³-hybridized carbons (Fsp3) is 0.667. The molecular weight excluding hydrogens is 1820 g/mol. The normalized spacial score (nSPS) is 24.6. The highest BCUT2D eigenvalue weighted by Crippen LogP contribution is 2.54. The number of hydrogen-bond donors (Lipinski definition) is 8. The number of piperidine rings is 1. The monoisotopic (exact) mass is 1990 g/mol. The lowest BCUT2D eigenvalue weighted by Crippen LogP contribution is -2.34. The number of aryl methyl sites for hydroxylation is 2. The number of nitrogens with zero attached hydrogens (tertiary/aromatic N) is 1. The summed E-state index contributed by atoms with van der Waals surface area (Å²) in [6.45, 7) is 21.3. The molecule has 0 amide bonds. The van der Waals surface area contributed by atoms with Crippen LogP contribution < -0.4 is 24.8 Å². The van der Waals surface area contributed by atoms with Gasteiger partial charge in [0.05, 0.1) is 54.2 Å². The first-order valence-electron chi connectivity index (χ1n) is 54.4. The van der Waals surface area contributed by atoms with E-state index in [1.807, 2.05) is 100 Å². The maximum atomic E-state index is 12.8. The number of carboxylic acid groups (broad SMARTS) is 4. The van der Waals surface area contributed by atoms with Crippen LogP contribution in [0, 0.1) is 90.3 Å². The predicted molar refractivity (Wildman–Crippen MR) is 546 cm³/mol. The first kappa shape index (κ1) is 113. The van der Waals surface area contributed by atoms with Gasteiger partial charge in [-0.25, -0.2) is 28.8 Å². The molecule has 0 bridgehead atoms. The highest BCUT2D eigenvalue weighted by atomic mass is 16.6. The minimum Gasteiger partial charge on any atom is -0.482 e. The zero-order chi connectivity index (χ0) is 102. The van der Waals surface area contributed by atoms with Gasteiger partial charge < -0.3 is 92.5 Å². The third-order valence-corrected chi connectivity index (χ3v) is 32.5. The number of aliphatic hydroxyl groups is 4. The molecule has 0 spiro atoms. The summed E-state index contributed by atoms with van der Waals surface area (Å²) < 4.78 is 56.9. The van der Waals surface area contributed by atoms with E-state index in [1.54, 1.807) is 6.92 Å². The van der Waals surface area contributed by atoms with Gasteiger partial charge in [0.1, 0.15) is 47.6 Å². The molecule has 20 atom stereocenters. The van der Waals surface area contributed by atoms with Crippen molar-refractivity contribution in [3.05, 3.63) is 175 Å². The van der Waals surface area contributed by atoms with Gasteiger partial charge in [-0.1, -0.05) is 165 Å². The second kappa shape index (κ2) is 56.1. The van der Waals surface area contributed by atoms with Gasteiger partial charge >= 0.3 is 41.6 Å². The summed E-state index contributed by atoms with van der Waals surface area (Å²) in [4.78, 5) is 83.2. The van der Waals surface area contributed by atoms with Crippen LogP contribution in [0.5, 0.6) is 23.0 Å². The lowest BCUT2D eigenvalue weighted by atomic mass is 9.73. The summed E-state index contributed by atoms with van der Waals surface area (Å²) in [5, 5.41) is 80.1. The molecule has 790 valence electrons. The maximum Gasteiger partial charge on any atom is 0.519 e. The minimum absolute atomic E-state index is 0.0225. The zero-order valence-corrected chi connectivity index (χ0v) is 86.7. The molecule has 8 aliphatic carbocycles. The Labute approximate surface area is 847 Å². The molecule has 1 aliphatic heterocycles. The Morgan fingerprint density at radius 1 is 0.399 bits per heavy atom. The molecule has 8 N–H and O–H groups in total. The lowest BCUT2D eigenvalue weighted by Gasteiger charge is -2.33. The standard InChI is InChI=1S/C31H40O6.C30H47NO5.C28H38O8.C28H42O6/c1-3-4-5-8-24(37-31(35)21-12-10-20(2)11-13-21)14-15-25-26-16-22-7-6-9-29(36-19-30(33)34)27(22)17-23(26)18-28(25)32;1-2-3-5-10-24(35-17-16-31-14-6-4-7-15-31)12-13-25-26-18-22-9-8-11-29(36-21-30(33)34)27(22)19-23(26)20-28(25)32;1-3-4-5-8-20(33-15-26-17(2)35-28(32)36-26)10-11-21-22-12-18-7-6-9-25(34-16-27(30)31)23(18)13-19(22)14-24(21)29;1-5-6-7-10-20(34-27(32)28(2,3)4)12-13-21-22-14-18-9-8-11-25(33-17-26(30)31)23(18)15-19(22)16-24(21)29/h6-7,9-13,23-26,28,32H,3-5,8,14-19H2,1-2H3,(H,33,34);8-9,11,23-26,28,32H,2-7,10,12-21H2,1H3,(H,33,34);6-7,9,19-22,24,29H,3-5,8,10-16H2,1-2H3,(H,30,31);8-9,11,19-22,24,29H,5-7,10,12-17H2,1-4H3,(H,30,31)/t2*23-,24-,25+,26-,28+;2*19-,20-,21+,22-,24+/m0000/s1. The van der Waals surface area contributed by atoms with Crippen molar-refractivity contribution in [3.8, 4) is 23.0 Å². The molecule has 0 radical (unpaired) electrons. The average molecular weight is 1990 g/mol. The average Bonchev–Trinajstić information content (AvgIpc) is 1.63. The van der Waals surface area contributed by atoms with E-state index < -0.39 is 35.1 Å². The molecule has 1 saturated heterocycles. The molecule has 15 rings (SSSR count). The molecule has 5 fully saturated rings. The summed E-state index contributed by atoms with van der Waals surface area (Å²) in [7, 11) is 0. The van der Waals surface area contributed by atoms with Crippen LogP contribution in [-0.2, 0) is 101 Å². The quantitative estimate of drug-likeness (QED) is 0.0130. The van der Waals surface area contributed by atoms with Crippen LogP contribution in [0.25, 0.3) is 0 Å². The molecule has 2 heterocycles. The molecule has 143 heavy (non-hydrogen) atoms. The molecular formula is C117H167NO25. The third kappa shape index (κ3) is 33.2. The van der Waals surface area contributed by atoms with Crippen molar-refractivity contribution < 1.29 is 116 Å². The maximum absolute atomic E-state index is 12.8. The molecule has 5 aromatic carbocycles. The molecule has 26 heteroatoms. The Bertz CT molecular complexity index is 5030. The number of rotatable bonds is 50. The van der Waals surface area contributed by atoms with Crippen molar-refractivity contribution >= 4 is 35.8 Å². The number of hydrogen-bond acceptors (Lipinski definition) is 22. The van der Waals surface area contributed by atoms with Crippen molar-refractivity contribution in [2.75, 3.05) is 52.7 Å². The Morgan fingerprint density at radius 3 is 1.05 bits per heavy atom. The Hall–Kier alpha value is -9.15.